The number of rotatable bonds is 2. The summed E-state index contributed by atoms with van der Waals surface area (Å²) < 4.78 is 17.9. The molecule has 0 bridgehead atoms. The van der Waals surface area contributed by atoms with Crippen molar-refractivity contribution in [3.63, 3.8) is 0 Å². The van der Waals surface area contributed by atoms with Crippen LogP contribution in [0.1, 0.15) is 19.6 Å². The maximum Gasteiger partial charge on any atom is 0.165 e. The molecule has 1 rings (SSSR count). The van der Waals surface area contributed by atoms with E-state index in [4.69, 9.17) is 4.42 Å². The van der Waals surface area contributed by atoms with E-state index in [1.807, 2.05) is 0 Å². The van der Waals surface area contributed by atoms with Gasteiger partial charge in [0.05, 0.1) is 0 Å². The van der Waals surface area contributed by atoms with Crippen molar-refractivity contribution in [2.75, 3.05) is 0 Å². The summed E-state index contributed by atoms with van der Waals surface area (Å²) in [5, 5.41) is 3.32. The van der Waals surface area contributed by atoms with Gasteiger partial charge in [0.1, 0.15) is 18.1 Å². The number of furan rings is 1. The van der Waals surface area contributed by atoms with Gasteiger partial charge in [-0.25, -0.2) is 4.39 Å². The van der Waals surface area contributed by atoms with E-state index in [-0.39, 0.29) is 12.0 Å². The van der Waals surface area contributed by atoms with E-state index in [0.29, 0.717) is 11.0 Å². The molecule has 1 aromatic heterocycles. The second kappa shape index (κ2) is 3.98. The fraction of sp³-hybridized carbons (Fsp3) is 0.333. The Labute approximate surface area is 74.5 Å². The molecule has 0 aliphatic heterocycles. The van der Waals surface area contributed by atoms with Crippen LogP contribution in [-0.4, -0.2) is 0 Å². The minimum atomic E-state index is -0.398. The standard InChI is InChI=1S/C9H10FNO2/c1-3-7-4-8(5-11-12)13-9(7)6(2)10/h3-4H,5H2,1-2H3. The van der Waals surface area contributed by atoms with Gasteiger partial charge in [-0.15, -0.1) is 0 Å². The Morgan fingerprint density at radius 2 is 2.46 bits per heavy atom. The molecule has 70 valence electrons. The van der Waals surface area contributed by atoms with Gasteiger partial charge in [-0.05, 0) is 19.9 Å². The molecule has 4 heteroatoms. The van der Waals surface area contributed by atoms with Crippen molar-refractivity contribution in [3.8, 4) is 0 Å². The Hall–Kier alpha value is -1.45. The summed E-state index contributed by atoms with van der Waals surface area (Å²) in [4.78, 5) is 9.93. The van der Waals surface area contributed by atoms with Crippen molar-refractivity contribution in [2.24, 2.45) is 5.18 Å². The maximum atomic E-state index is 12.8. The summed E-state index contributed by atoms with van der Waals surface area (Å²) >= 11 is 0. The Morgan fingerprint density at radius 1 is 1.77 bits per heavy atom. The monoisotopic (exact) mass is 183 g/mol. The van der Waals surface area contributed by atoms with Gasteiger partial charge in [-0.2, -0.15) is 4.91 Å². The van der Waals surface area contributed by atoms with Crippen LogP contribution in [0, 0.1) is 4.91 Å². The van der Waals surface area contributed by atoms with Crippen molar-refractivity contribution < 1.29 is 8.81 Å². The lowest BCUT2D eigenvalue weighted by atomic mass is 10.3. The highest BCUT2D eigenvalue weighted by molar-refractivity contribution is 5.32. The van der Waals surface area contributed by atoms with Gasteiger partial charge in [-0.3, -0.25) is 0 Å². The lowest BCUT2D eigenvalue weighted by Crippen LogP contribution is -2.19. The Balaban J connectivity index is 3.38. The van der Waals surface area contributed by atoms with Crippen molar-refractivity contribution in [2.45, 2.75) is 20.4 Å². The molecule has 0 N–H and O–H groups in total. The Kier molecular flexibility index (Phi) is 2.95. The quantitative estimate of drug-likeness (QED) is 0.651. The van der Waals surface area contributed by atoms with Gasteiger partial charge >= 0.3 is 0 Å². The molecule has 0 unspecified atom stereocenters. The van der Waals surface area contributed by atoms with Gasteiger partial charge < -0.3 is 4.42 Å². The highest BCUT2D eigenvalue weighted by Gasteiger charge is 2.01. The Morgan fingerprint density at radius 3 is 2.85 bits per heavy atom. The van der Waals surface area contributed by atoms with Crippen LogP contribution in [0.2, 0.25) is 0 Å². The van der Waals surface area contributed by atoms with E-state index in [1.165, 1.54) is 6.92 Å². The molecule has 0 atom stereocenters. The first-order valence-electron chi connectivity index (χ1n) is 3.89. The average Bonchev–Trinajstić information content (AvgIpc) is 2.48. The van der Waals surface area contributed by atoms with Crippen LogP contribution in [0.4, 0.5) is 4.39 Å². The van der Waals surface area contributed by atoms with E-state index >= 15 is 0 Å². The second-order valence-electron chi connectivity index (χ2n) is 2.61. The smallest absolute Gasteiger partial charge is 0.165 e. The summed E-state index contributed by atoms with van der Waals surface area (Å²) in [6.45, 7) is 3.02. The molecule has 0 radical (unpaired) electrons. The lowest BCUT2D eigenvalue weighted by molar-refractivity contribution is 0.469. The van der Waals surface area contributed by atoms with E-state index in [1.54, 1.807) is 19.1 Å². The van der Waals surface area contributed by atoms with Gasteiger partial charge in [0.25, 0.3) is 0 Å². The summed E-state index contributed by atoms with van der Waals surface area (Å²) in [5.74, 6) is -0.0136. The zero-order valence-electron chi connectivity index (χ0n) is 7.50. The minimum absolute atomic E-state index is 0.0614. The van der Waals surface area contributed by atoms with Crippen LogP contribution < -0.4 is 10.6 Å². The van der Waals surface area contributed by atoms with Crippen LogP contribution in [0.15, 0.2) is 15.7 Å². The van der Waals surface area contributed by atoms with E-state index in [9.17, 15) is 9.30 Å². The summed E-state index contributed by atoms with van der Waals surface area (Å²) in [6, 6.07) is 1.61. The van der Waals surface area contributed by atoms with Crippen molar-refractivity contribution >= 4 is 11.9 Å². The van der Waals surface area contributed by atoms with E-state index in [0.717, 1.165) is 0 Å². The molecule has 0 aliphatic rings. The predicted octanol–water partition coefficient (Wildman–Crippen LogP) is 1.44. The third-order valence-electron chi connectivity index (χ3n) is 1.66. The highest BCUT2D eigenvalue weighted by atomic mass is 19.1. The maximum absolute atomic E-state index is 12.8. The molecule has 1 aromatic rings. The molecule has 0 spiro atoms. The zero-order chi connectivity index (χ0) is 9.84. The first-order chi connectivity index (χ1) is 6.19. The highest BCUT2D eigenvalue weighted by Crippen LogP contribution is 1.96. The predicted molar refractivity (Wildman–Crippen MR) is 47.8 cm³/mol. The molecule has 1 heterocycles. The number of nitrogens with zero attached hydrogens (tertiary/aromatic N) is 1. The van der Waals surface area contributed by atoms with E-state index < -0.39 is 5.83 Å². The topological polar surface area (TPSA) is 42.6 Å². The number of nitroso groups, excluding NO2 is 1. The van der Waals surface area contributed by atoms with Crippen LogP contribution >= 0.6 is 0 Å². The first-order valence-corrected chi connectivity index (χ1v) is 3.89. The normalized spacial score (nSPS) is 14.5. The lowest BCUT2D eigenvalue weighted by Gasteiger charge is -1.82. The van der Waals surface area contributed by atoms with Crippen LogP contribution in [0.5, 0.6) is 0 Å². The molecule has 0 aromatic carbocycles. The molecule has 0 amide bonds. The van der Waals surface area contributed by atoms with Crippen molar-refractivity contribution in [1.82, 2.24) is 0 Å². The number of hydrogen-bond acceptors (Lipinski definition) is 3. The first kappa shape index (κ1) is 9.64. The van der Waals surface area contributed by atoms with Gasteiger partial charge in [0.2, 0.25) is 0 Å². The fourth-order valence-corrected chi connectivity index (χ4v) is 1.08. The van der Waals surface area contributed by atoms with Gasteiger partial charge in [-0.1, -0.05) is 11.3 Å². The van der Waals surface area contributed by atoms with Crippen LogP contribution in [-0.2, 0) is 6.54 Å². The van der Waals surface area contributed by atoms with Crippen molar-refractivity contribution in [3.05, 3.63) is 27.4 Å². The number of halogens is 1. The summed E-state index contributed by atoms with van der Waals surface area (Å²) in [5.41, 5.74) is 0.182. The van der Waals surface area contributed by atoms with Crippen LogP contribution in [0.25, 0.3) is 11.9 Å². The average molecular weight is 183 g/mol. The molecule has 0 aliphatic carbocycles. The number of hydrogen-bond donors (Lipinski definition) is 0. The molecule has 13 heavy (non-hydrogen) atoms. The third-order valence-corrected chi connectivity index (χ3v) is 1.66. The molecule has 0 fully saturated rings. The molecular formula is C9H10FNO2. The Bertz CT molecular complexity index is 415. The van der Waals surface area contributed by atoms with E-state index in [2.05, 4.69) is 5.18 Å². The zero-order valence-corrected chi connectivity index (χ0v) is 7.50. The largest absolute Gasteiger partial charge is 0.456 e. The third kappa shape index (κ3) is 2.02. The molecule has 0 saturated carbocycles. The SMILES string of the molecule is CC=c1cc(CN=O)oc1=C(C)F. The summed E-state index contributed by atoms with van der Waals surface area (Å²) in [7, 11) is 0. The van der Waals surface area contributed by atoms with Gasteiger partial charge in [0, 0.05) is 5.22 Å². The van der Waals surface area contributed by atoms with Gasteiger partial charge in [0.15, 0.2) is 5.42 Å². The molecular weight excluding hydrogens is 173 g/mol. The fourth-order valence-electron chi connectivity index (χ4n) is 1.08. The summed E-state index contributed by atoms with van der Waals surface area (Å²) in [6.07, 6.45) is 1.72. The molecule has 0 saturated heterocycles. The second-order valence-corrected chi connectivity index (χ2v) is 2.61. The van der Waals surface area contributed by atoms with Crippen molar-refractivity contribution in [1.29, 1.82) is 0 Å². The molecule has 3 nitrogen and oxygen atoms in total. The minimum Gasteiger partial charge on any atom is -0.456 e. The van der Waals surface area contributed by atoms with Crippen LogP contribution in [0.3, 0.4) is 0 Å².